The van der Waals surface area contributed by atoms with Crippen LogP contribution in [0.25, 0.3) is 0 Å². The Kier molecular flexibility index (Phi) is 9.75. The summed E-state index contributed by atoms with van der Waals surface area (Å²) in [6.45, 7) is 9.16. The molecule has 1 N–H and O–H groups in total. The Morgan fingerprint density at radius 3 is 2.50 bits per heavy atom. The average Bonchev–Trinajstić information content (AvgIpc) is 2.65. The van der Waals surface area contributed by atoms with E-state index in [0.29, 0.717) is 36.6 Å². The molecule has 0 aliphatic rings. The predicted octanol–water partition coefficient (Wildman–Crippen LogP) is 5.05. The summed E-state index contributed by atoms with van der Waals surface area (Å²) in [6, 6.07) is 7.29. The molecule has 0 fully saturated rings. The highest BCUT2D eigenvalue weighted by Crippen LogP contribution is 2.25. The topological polar surface area (TPSA) is 71.3 Å². The minimum atomic E-state index is -0.866. The first kappa shape index (κ1) is 22.0. The Bertz CT molecular complexity index is 600. The number of carbonyl (C=O) groups is 1. The summed E-state index contributed by atoms with van der Waals surface area (Å²) in [6.07, 6.45) is 5.41. The predicted molar refractivity (Wildman–Crippen MR) is 104 cm³/mol. The fourth-order valence-electron chi connectivity index (χ4n) is 2.50. The van der Waals surface area contributed by atoms with Crippen molar-refractivity contribution in [3.63, 3.8) is 0 Å². The van der Waals surface area contributed by atoms with Crippen molar-refractivity contribution in [2.75, 3.05) is 18.5 Å². The molecule has 0 spiro atoms. The van der Waals surface area contributed by atoms with Crippen LogP contribution in [0.4, 0.5) is 5.69 Å². The fraction of sp³-hybridized carbons (Fsp3) is 0.619. The fourth-order valence-corrected chi connectivity index (χ4v) is 2.50. The third-order valence-corrected chi connectivity index (χ3v) is 4.23. The normalized spacial score (nSPS) is 12.9. The van der Waals surface area contributed by atoms with E-state index in [1.165, 1.54) is 0 Å². The van der Waals surface area contributed by atoms with Gasteiger partial charge in [0, 0.05) is 12.3 Å². The number of nitriles is 1. The van der Waals surface area contributed by atoms with Gasteiger partial charge in [0.2, 0.25) is 0 Å². The van der Waals surface area contributed by atoms with Crippen LogP contribution in [-0.2, 0) is 9.53 Å². The van der Waals surface area contributed by atoms with E-state index >= 15 is 0 Å². The van der Waals surface area contributed by atoms with Crippen LogP contribution in [0.1, 0.15) is 71.8 Å². The first-order valence-electron chi connectivity index (χ1n) is 9.63. The van der Waals surface area contributed by atoms with Gasteiger partial charge in [-0.2, -0.15) is 5.26 Å². The van der Waals surface area contributed by atoms with Crippen molar-refractivity contribution in [2.45, 2.75) is 71.8 Å². The number of nitrogens with zero attached hydrogens (tertiary/aromatic N) is 1. The van der Waals surface area contributed by atoms with Crippen molar-refractivity contribution < 1.29 is 14.3 Å². The Morgan fingerprint density at radius 2 is 1.88 bits per heavy atom. The number of anilines is 1. The zero-order valence-corrected chi connectivity index (χ0v) is 16.6. The van der Waals surface area contributed by atoms with Crippen molar-refractivity contribution in [1.29, 1.82) is 5.26 Å². The molecule has 1 aromatic rings. The summed E-state index contributed by atoms with van der Waals surface area (Å²) >= 11 is 0. The lowest BCUT2D eigenvalue weighted by molar-refractivity contribution is -0.140. The van der Waals surface area contributed by atoms with Gasteiger partial charge in [-0.3, -0.25) is 4.79 Å². The van der Waals surface area contributed by atoms with Crippen LogP contribution < -0.4 is 10.1 Å². The number of hydrogen-bond acceptors (Lipinski definition) is 4. The van der Waals surface area contributed by atoms with Gasteiger partial charge >= 0.3 is 0 Å². The minimum Gasteiger partial charge on any atom is -0.492 e. The highest BCUT2D eigenvalue weighted by atomic mass is 16.5. The summed E-state index contributed by atoms with van der Waals surface area (Å²) in [5, 5.41) is 12.3. The maximum Gasteiger partial charge on any atom is 0.256 e. The van der Waals surface area contributed by atoms with Gasteiger partial charge in [0.15, 0.2) is 0 Å². The molecule has 1 atom stereocenters. The molecule has 0 unspecified atom stereocenters. The van der Waals surface area contributed by atoms with Gasteiger partial charge in [-0.25, -0.2) is 0 Å². The highest BCUT2D eigenvalue weighted by molar-refractivity contribution is 5.97. The van der Waals surface area contributed by atoms with Gasteiger partial charge < -0.3 is 14.8 Å². The lowest BCUT2D eigenvalue weighted by Crippen LogP contribution is -2.43. The molecule has 144 valence electrons. The zero-order chi connectivity index (χ0) is 19.4. The Balaban J connectivity index is 2.87. The first-order chi connectivity index (χ1) is 12.5. The lowest BCUT2D eigenvalue weighted by atomic mass is 9.97. The summed E-state index contributed by atoms with van der Waals surface area (Å²) in [7, 11) is 0. The van der Waals surface area contributed by atoms with Crippen molar-refractivity contribution >= 4 is 11.6 Å². The van der Waals surface area contributed by atoms with Crippen LogP contribution in [0.2, 0.25) is 0 Å². The van der Waals surface area contributed by atoms with Gasteiger partial charge in [0.05, 0.1) is 12.2 Å². The molecule has 0 aromatic heterocycles. The maximum absolute atomic E-state index is 12.8. The second kappa shape index (κ2) is 11.5. The molecule has 26 heavy (non-hydrogen) atoms. The van der Waals surface area contributed by atoms with Crippen LogP contribution in [0, 0.1) is 11.3 Å². The Morgan fingerprint density at radius 1 is 1.15 bits per heavy atom. The molecule has 1 aromatic carbocycles. The van der Waals surface area contributed by atoms with Crippen LogP contribution in [-0.4, -0.2) is 24.7 Å². The van der Waals surface area contributed by atoms with Crippen molar-refractivity contribution in [3.05, 3.63) is 23.8 Å². The summed E-state index contributed by atoms with van der Waals surface area (Å²) < 4.78 is 11.5. The molecular formula is C21H32N2O3. The van der Waals surface area contributed by atoms with Gasteiger partial charge in [0.25, 0.3) is 5.91 Å². The van der Waals surface area contributed by atoms with Crippen LogP contribution in [0.5, 0.6) is 5.75 Å². The van der Waals surface area contributed by atoms with Crippen LogP contribution in [0.15, 0.2) is 18.2 Å². The van der Waals surface area contributed by atoms with Crippen LogP contribution >= 0.6 is 0 Å². The number of ether oxygens (including phenoxy) is 2. The van der Waals surface area contributed by atoms with Crippen molar-refractivity contribution in [1.82, 2.24) is 0 Å². The first-order valence-corrected chi connectivity index (χ1v) is 9.63. The molecule has 0 saturated heterocycles. The van der Waals surface area contributed by atoms with Crippen molar-refractivity contribution in [3.8, 4) is 11.8 Å². The smallest absolute Gasteiger partial charge is 0.256 e. The number of benzene rings is 1. The molecule has 5 heteroatoms. The Hall–Kier alpha value is -2.06. The minimum absolute atomic E-state index is 0.178. The monoisotopic (exact) mass is 360 g/mol. The molecule has 0 aliphatic heterocycles. The average molecular weight is 360 g/mol. The van der Waals surface area contributed by atoms with E-state index in [4.69, 9.17) is 9.47 Å². The number of rotatable bonds is 12. The van der Waals surface area contributed by atoms with E-state index in [9.17, 15) is 10.1 Å². The molecule has 0 saturated carbocycles. The molecule has 1 amide bonds. The van der Waals surface area contributed by atoms with E-state index in [1.54, 1.807) is 18.2 Å². The number of nitrogens with one attached hydrogen (secondary N) is 1. The largest absolute Gasteiger partial charge is 0.492 e. The molecular weight excluding hydrogens is 328 g/mol. The zero-order valence-electron chi connectivity index (χ0n) is 16.6. The second-order valence-corrected chi connectivity index (χ2v) is 6.66. The molecule has 0 aliphatic carbocycles. The number of amides is 1. The molecule has 0 radical (unpaired) electrons. The van der Waals surface area contributed by atoms with E-state index in [-0.39, 0.29) is 5.91 Å². The third-order valence-electron chi connectivity index (χ3n) is 4.23. The standard InChI is InChI=1S/C21H32N2O3/c1-5-8-12-21(4,26-13-7-3)20(24)23-18-10-11-19(17(15-18)16-22)25-14-9-6-2/h10-11,15H,5-9,12-14H2,1-4H3,(H,23,24)/t21-/m1/s1. The molecule has 5 nitrogen and oxygen atoms in total. The van der Waals surface area contributed by atoms with Gasteiger partial charge in [0.1, 0.15) is 17.4 Å². The van der Waals surface area contributed by atoms with Gasteiger partial charge in [-0.1, -0.05) is 40.0 Å². The third kappa shape index (κ3) is 6.68. The summed E-state index contributed by atoms with van der Waals surface area (Å²) in [4.78, 5) is 12.8. The second-order valence-electron chi connectivity index (χ2n) is 6.66. The van der Waals surface area contributed by atoms with E-state index in [1.807, 2.05) is 13.8 Å². The number of hydrogen-bond donors (Lipinski definition) is 1. The molecule has 1 rings (SSSR count). The van der Waals surface area contributed by atoms with Crippen LogP contribution in [0.3, 0.4) is 0 Å². The quantitative estimate of drug-likeness (QED) is 0.529. The SMILES string of the molecule is CCCCOc1ccc(NC(=O)[C@@](C)(CCCC)OCCC)cc1C#N. The Labute approximate surface area is 157 Å². The number of carbonyl (C=O) groups excluding carboxylic acids is 1. The molecule has 0 bridgehead atoms. The number of unbranched alkanes of at least 4 members (excludes halogenated alkanes) is 2. The summed E-state index contributed by atoms with van der Waals surface area (Å²) in [5.74, 6) is 0.373. The van der Waals surface area contributed by atoms with Gasteiger partial charge in [-0.05, 0) is 44.4 Å². The van der Waals surface area contributed by atoms with E-state index in [2.05, 4.69) is 25.2 Å². The van der Waals surface area contributed by atoms with Crippen molar-refractivity contribution in [2.24, 2.45) is 0 Å². The highest BCUT2D eigenvalue weighted by Gasteiger charge is 2.33. The van der Waals surface area contributed by atoms with E-state index < -0.39 is 5.60 Å². The molecule has 0 heterocycles. The summed E-state index contributed by atoms with van der Waals surface area (Å²) in [5.41, 5.74) is 0.135. The lowest BCUT2D eigenvalue weighted by Gasteiger charge is -2.28. The van der Waals surface area contributed by atoms with E-state index in [0.717, 1.165) is 32.1 Å². The maximum atomic E-state index is 12.8. The van der Waals surface area contributed by atoms with Gasteiger partial charge in [-0.15, -0.1) is 0 Å².